The molecule has 0 atom stereocenters. The van der Waals surface area contributed by atoms with E-state index in [4.69, 9.17) is 22.4 Å². The summed E-state index contributed by atoms with van der Waals surface area (Å²) in [5, 5.41) is 12.8. The van der Waals surface area contributed by atoms with Gasteiger partial charge in [0.2, 0.25) is 0 Å². The summed E-state index contributed by atoms with van der Waals surface area (Å²) in [7, 11) is 0. The van der Waals surface area contributed by atoms with Gasteiger partial charge in [0.15, 0.2) is 0 Å². The molecule has 14 heavy (non-hydrogen) atoms. The van der Waals surface area contributed by atoms with E-state index in [1.807, 2.05) is 0 Å². The molecule has 1 aromatic heterocycles. The van der Waals surface area contributed by atoms with Gasteiger partial charge >= 0.3 is 0 Å². The molecule has 5 heteroatoms. The Hall–Kier alpha value is -1.00. The third-order valence-electron chi connectivity index (χ3n) is 2.42. The smallest absolute Gasteiger partial charge is 0.149 e. The fourth-order valence-corrected chi connectivity index (χ4v) is 1.45. The van der Waals surface area contributed by atoms with E-state index in [9.17, 15) is 0 Å². The Balaban J connectivity index is 2.17. The van der Waals surface area contributed by atoms with E-state index < -0.39 is 0 Å². The summed E-state index contributed by atoms with van der Waals surface area (Å²) < 4.78 is 0. The SMILES string of the molecule is Nc1cc(Cl)cnc1NC1(CO)CC1. The summed E-state index contributed by atoms with van der Waals surface area (Å²) in [6.07, 6.45) is 3.44. The van der Waals surface area contributed by atoms with Crippen molar-refractivity contribution in [2.75, 3.05) is 17.7 Å². The molecule has 0 aliphatic heterocycles. The van der Waals surface area contributed by atoms with E-state index in [0.29, 0.717) is 16.5 Å². The Morgan fingerprint density at radius 3 is 2.86 bits per heavy atom. The molecule has 1 saturated carbocycles. The molecule has 0 radical (unpaired) electrons. The molecule has 1 heterocycles. The highest BCUT2D eigenvalue weighted by molar-refractivity contribution is 6.30. The van der Waals surface area contributed by atoms with Crippen molar-refractivity contribution in [1.82, 2.24) is 4.98 Å². The van der Waals surface area contributed by atoms with Crippen LogP contribution in [0, 0.1) is 0 Å². The maximum atomic E-state index is 9.11. The van der Waals surface area contributed by atoms with E-state index in [2.05, 4.69) is 10.3 Å². The van der Waals surface area contributed by atoms with Gasteiger partial charge < -0.3 is 16.2 Å². The third kappa shape index (κ3) is 1.76. The lowest BCUT2D eigenvalue weighted by Gasteiger charge is -2.16. The molecular weight excluding hydrogens is 202 g/mol. The molecule has 4 N–H and O–H groups in total. The standard InChI is InChI=1S/C9H12ClN3O/c10-6-3-7(11)8(12-4-6)13-9(5-14)1-2-9/h3-4,14H,1-2,5,11H2,(H,12,13). The zero-order valence-electron chi connectivity index (χ0n) is 7.63. The van der Waals surface area contributed by atoms with Crippen LogP contribution in [-0.4, -0.2) is 22.2 Å². The number of nitrogens with one attached hydrogen (secondary N) is 1. The molecule has 0 bridgehead atoms. The second-order valence-electron chi connectivity index (χ2n) is 3.65. The van der Waals surface area contributed by atoms with Crippen molar-refractivity contribution < 1.29 is 5.11 Å². The molecule has 0 amide bonds. The summed E-state index contributed by atoms with van der Waals surface area (Å²) in [4.78, 5) is 4.07. The first kappa shape index (κ1) is 9.55. The van der Waals surface area contributed by atoms with Gasteiger partial charge in [-0.3, -0.25) is 0 Å². The van der Waals surface area contributed by atoms with Crippen molar-refractivity contribution in [2.45, 2.75) is 18.4 Å². The number of halogens is 1. The molecule has 1 fully saturated rings. The number of pyridine rings is 1. The van der Waals surface area contributed by atoms with Crippen LogP contribution in [0.2, 0.25) is 5.02 Å². The molecule has 2 rings (SSSR count). The largest absolute Gasteiger partial charge is 0.396 e. The highest BCUT2D eigenvalue weighted by atomic mass is 35.5. The molecule has 1 aromatic rings. The van der Waals surface area contributed by atoms with Gasteiger partial charge in [-0.2, -0.15) is 0 Å². The summed E-state index contributed by atoms with van der Waals surface area (Å²) in [6, 6.07) is 1.64. The Morgan fingerprint density at radius 1 is 1.64 bits per heavy atom. The van der Waals surface area contributed by atoms with Crippen molar-refractivity contribution in [3.63, 3.8) is 0 Å². The van der Waals surface area contributed by atoms with Gasteiger partial charge in [0.25, 0.3) is 0 Å². The van der Waals surface area contributed by atoms with Crippen LogP contribution in [0.3, 0.4) is 0 Å². The van der Waals surface area contributed by atoms with Crippen LogP contribution in [0.4, 0.5) is 11.5 Å². The van der Waals surface area contributed by atoms with Crippen LogP contribution < -0.4 is 11.1 Å². The average Bonchev–Trinajstić information content (AvgIpc) is 2.91. The summed E-state index contributed by atoms with van der Waals surface area (Å²) in [6.45, 7) is 0.108. The van der Waals surface area contributed by atoms with Gasteiger partial charge in [-0.05, 0) is 18.9 Å². The number of rotatable bonds is 3. The molecule has 0 unspecified atom stereocenters. The van der Waals surface area contributed by atoms with Gasteiger partial charge in [-0.1, -0.05) is 11.6 Å². The predicted molar refractivity (Wildman–Crippen MR) is 56.3 cm³/mol. The van der Waals surface area contributed by atoms with Crippen molar-refractivity contribution in [3.05, 3.63) is 17.3 Å². The fourth-order valence-electron chi connectivity index (χ4n) is 1.28. The number of aliphatic hydroxyl groups is 1. The Labute approximate surface area is 87.1 Å². The van der Waals surface area contributed by atoms with E-state index in [1.54, 1.807) is 6.07 Å². The number of nitrogen functional groups attached to an aromatic ring is 1. The number of anilines is 2. The molecule has 4 nitrogen and oxygen atoms in total. The first-order valence-electron chi connectivity index (χ1n) is 4.45. The summed E-state index contributed by atoms with van der Waals surface area (Å²) in [5.74, 6) is 0.598. The van der Waals surface area contributed by atoms with Crippen molar-refractivity contribution in [2.24, 2.45) is 0 Å². The third-order valence-corrected chi connectivity index (χ3v) is 2.63. The van der Waals surface area contributed by atoms with Crippen LogP contribution in [0.15, 0.2) is 12.3 Å². The number of nitrogens with zero attached hydrogens (tertiary/aromatic N) is 1. The minimum atomic E-state index is -0.199. The minimum Gasteiger partial charge on any atom is -0.396 e. The first-order valence-corrected chi connectivity index (χ1v) is 4.83. The van der Waals surface area contributed by atoms with Crippen molar-refractivity contribution in [1.29, 1.82) is 0 Å². The molecular formula is C9H12ClN3O. The zero-order chi connectivity index (χ0) is 10.2. The van der Waals surface area contributed by atoms with Crippen LogP contribution in [0.1, 0.15) is 12.8 Å². The van der Waals surface area contributed by atoms with E-state index in [0.717, 1.165) is 12.8 Å². The average molecular weight is 214 g/mol. The normalized spacial score (nSPS) is 17.9. The van der Waals surface area contributed by atoms with E-state index >= 15 is 0 Å². The van der Waals surface area contributed by atoms with E-state index in [1.165, 1.54) is 6.20 Å². The predicted octanol–water partition coefficient (Wildman–Crippen LogP) is 1.25. The summed E-state index contributed by atoms with van der Waals surface area (Å²) >= 11 is 5.72. The lowest BCUT2D eigenvalue weighted by molar-refractivity contribution is 0.266. The van der Waals surface area contributed by atoms with Crippen molar-refractivity contribution >= 4 is 23.1 Å². The number of hydrogen-bond donors (Lipinski definition) is 3. The summed E-state index contributed by atoms with van der Waals surface area (Å²) in [5.41, 5.74) is 6.03. The van der Waals surface area contributed by atoms with Gasteiger partial charge in [-0.15, -0.1) is 0 Å². The van der Waals surface area contributed by atoms with Crippen LogP contribution >= 0.6 is 11.6 Å². The second-order valence-corrected chi connectivity index (χ2v) is 4.09. The maximum absolute atomic E-state index is 9.11. The molecule has 0 spiro atoms. The van der Waals surface area contributed by atoms with Gasteiger partial charge in [0, 0.05) is 6.20 Å². The highest BCUT2D eigenvalue weighted by Crippen LogP contribution is 2.39. The monoisotopic (exact) mass is 213 g/mol. The van der Waals surface area contributed by atoms with Crippen LogP contribution in [0.25, 0.3) is 0 Å². The van der Waals surface area contributed by atoms with Gasteiger partial charge in [0.05, 0.1) is 22.9 Å². The first-order chi connectivity index (χ1) is 6.65. The minimum absolute atomic E-state index is 0.108. The van der Waals surface area contributed by atoms with Gasteiger partial charge in [0.1, 0.15) is 5.82 Å². The number of nitrogens with two attached hydrogens (primary N) is 1. The number of aromatic nitrogens is 1. The molecule has 1 aliphatic rings. The van der Waals surface area contributed by atoms with Gasteiger partial charge in [-0.25, -0.2) is 4.98 Å². The van der Waals surface area contributed by atoms with Crippen molar-refractivity contribution in [3.8, 4) is 0 Å². The Morgan fingerprint density at radius 2 is 2.36 bits per heavy atom. The van der Waals surface area contributed by atoms with Crippen LogP contribution in [-0.2, 0) is 0 Å². The topological polar surface area (TPSA) is 71.2 Å². The van der Waals surface area contributed by atoms with Crippen LogP contribution in [0.5, 0.6) is 0 Å². The second kappa shape index (κ2) is 3.29. The Kier molecular flexibility index (Phi) is 2.25. The molecule has 76 valence electrons. The molecule has 0 aromatic carbocycles. The Bertz CT molecular complexity index is 352. The number of aliphatic hydroxyl groups excluding tert-OH is 1. The number of hydrogen-bond acceptors (Lipinski definition) is 4. The lowest BCUT2D eigenvalue weighted by atomic mass is 10.3. The maximum Gasteiger partial charge on any atom is 0.149 e. The quantitative estimate of drug-likeness (QED) is 0.707. The molecule has 1 aliphatic carbocycles. The molecule has 0 saturated heterocycles. The zero-order valence-corrected chi connectivity index (χ0v) is 8.38. The fraction of sp³-hybridized carbons (Fsp3) is 0.444. The lowest BCUT2D eigenvalue weighted by Crippen LogP contribution is -2.26. The van der Waals surface area contributed by atoms with E-state index in [-0.39, 0.29) is 12.1 Å². The highest BCUT2D eigenvalue weighted by Gasteiger charge is 2.42.